The second-order valence-electron chi connectivity index (χ2n) is 5.97. The summed E-state index contributed by atoms with van der Waals surface area (Å²) in [6, 6.07) is 4.87. The van der Waals surface area contributed by atoms with E-state index in [4.69, 9.17) is 0 Å². The van der Waals surface area contributed by atoms with Crippen LogP contribution in [0.5, 0.6) is 0 Å². The molecule has 7 nitrogen and oxygen atoms in total. The Morgan fingerprint density at radius 3 is 2.63 bits per heavy atom. The molecule has 0 radical (unpaired) electrons. The van der Waals surface area contributed by atoms with Gasteiger partial charge in [-0.2, -0.15) is 0 Å². The van der Waals surface area contributed by atoms with Gasteiger partial charge in [-0.3, -0.25) is 19.3 Å². The number of hydrogen-bond acceptors (Lipinski definition) is 6. The molecule has 1 atom stereocenters. The minimum atomic E-state index is -3.28. The molecular formula is C17H15FN2O5S2. The second-order valence-corrected chi connectivity index (χ2v) is 8.89. The van der Waals surface area contributed by atoms with Crippen LogP contribution in [0.4, 0.5) is 9.18 Å². The van der Waals surface area contributed by atoms with Gasteiger partial charge >= 0.3 is 0 Å². The third-order valence-electron chi connectivity index (χ3n) is 3.88. The lowest BCUT2D eigenvalue weighted by molar-refractivity contribution is -0.124. The molecule has 0 bridgehead atoms. The Labute approximate surface area is 159 Å². The van der Waals surface area contributed by atoms with Gasteiger partial charge in [-0.1, -0.05) is 12.1 Å². The summed E-state index contributed by atoms with van der Waals surface area (Å²) in [5.41, 5.74) is 0.578. The van der Waals surface area contributed by atoms with Gasteiger partial charge in [0, 0.05) is 18.4 Å². The normalized spacial score (nSPS) is 22.6. The fraction of sp³-hybridized carbons (Fsp3) is 0.235. The first kappa shape index (κ1) is 19.3. The van der Waals surface area contributed by atoms with Gasteiger partial charge in [0.15, 0.2) is 9.84 Å². The molecule has 1 fully saturated rings. The summed E-state index contributed by atoms with van der Waals surface area (Å²) in [4.78, 5) is 37.5. The van der Waals surface area contributed by atoms with E-state index in [0.717, 1.165) is 22.1 Å². The average molecular weight is 410 g/mol. The highest BCUT2D eigenvalue weighted by Crippen LogP contribution is 2.32. The third-order valence-corrected chi connectivity index (χ3v) is 6.18. The molecule has 2 heterocycles. The maximum absolute atomic E-state index is 12.9. The Morgan fingerprint density at radius 2 is 2.00 bits per heavy atom. The van der Waals surface area contributed by atoms with Crippen LogP contribution < -0.4 is 5.32 Å². The van der Waals surface area contributed by atoms with Crippen LogP contribution in [0.25, 0.3) is 6.08 Å². The summed E-state index contributed by atoms with van der Waals surface area (Å²) >= 11 is 0.748. The van der Waals surface area contributed by atoms with Crippen molar-refractivity contribution in [2.24, 2.45) is 0 Å². The van der Waals surface area contributed by atoms with E-state index in [1.807, 2.05) is 0 Å². The molecule has 0 spiro atoms. The molecule has 1 saturated heterocycles. The van der Waals surface area contributed by atoms with Crippen LogP contribution in [0.2, 0.25) is 0 Å². The maximum Gasteiger partial charge on any atom is 0.293 e. The van der Waals surface area contributed by atoms with Crippen LogP contribution in [0.1, 0.15) is 12.0 Å². The maximum atomic E-state index is 12.9. The van der Waals surface area contributed by atoms with Gasteiger partial charge in [-0.25, -0.2) is 12.8 Å². The smallest absolute Gasteiger partial charge is 0.293 e. The van der Waals surface area contributed by atoms with Crippen molar-refractivity contribution >= 4 is 44.7 Å². The van der Waals surface area contributed by atoms with Crippen molar-refractivity contribution in [1.29, 1.82) is 0 Å². The number of carbonyl (C=O) groups is 3. The van der Waals surface area contributed by atoms with E-state index in [2.05, 4.69) is 5.32 Å². The minimum Gasteiger partial charge on any atom is -0.349 e. The summed E-state index contributed by atoms with van der Waals surface area (Å²) in [6.07, 6.45) is 2.74. The Bertz CT molecular complexity index is 954. The minimum absolute atomic E-state index is 0.111. The molecule has 10 heteroatoms. The van der Waals surface area contributed by atoms with Gasteiger partial charge in [-0.05, 0) is 41.6 Å². The molecule has 1 N–H and O–H groups in total. The van der Waals surface area contributed by atoms with E-state index in [9.17, 15) is 27.2 Å². The number of thioether (sulfide) groups is 1. The van der Waals surface area contributed by atoms with Crippen molar-refractivity contribution in [2.75, 3.05) is 12.3 Å². The Morgan fingerprint density at radius 1 is 1.30 bits per heavy atom. The predicted molar refractivity (Wildman–Crippen MR) is 98.6 cm³/mol. The van der Waals surface area contributed by atoms with Gasteiger partial charge in [-0.15, -0.1) is 0 Å². The van der Waals surface area contributed by atoms with E-state index in [-0.39, 0.29) is 23.6 Å². The van der Waals surface area contributed by atoms with Crippen LogP contribution in [-0.4, -0.2) is 48.7 Å². The molecule has 1 unspecified atom stereocenters. The average Bonchev–Trinajstić information content (AvgIpc) is 3.07. The summed E-state index contributed by atoms with van der Waals surface area (Å²) in [6.45, 7) is -0.111. The van der Waals surface area contributed by atoms with Crippen LogP contribution >= 0.6 is 11.8 Å². The molecule has 2 aliphatic heterocycles. The SMILES string of the molecule is O=C(CCN1C(=O)S/C(=C\c2ccc(F)cc2)C1=O)NC1C=CS(=O)(=O)C1. The fourth-order valence-corrected chi connectivity index (χ4v) is 4.66. The summed E-state index contributed by atoms with van der Waals surface area (Å²) < 4.78 is 35.6. The van der Waals surface area contributed by atoms with E-state index >= 15 is 0 Å². The molecule has 3 rings (SSSR count). The Kier molecular flexibility index (Phi) is 5.47. The number of carbonyl (C=O) groups excluding carboxylic acids is 3. The Hall–Kier alpha value is -2.46. The molecule has 27 heavy (non-hydrogen) atoms. The van der Waals surface area contributed by atoms with Gasteiger partial charge < -0.3 is 5.32 Å². The number of sulfone groups is 1. The van der Waals surface area contributed by atoms with Gasteiger partial charge in [0.25, 0.3) is 11.1 Å². The van der Waals surface area contributed by atoms with E-state index in [0.29, 0.717) is 5.56 Å². The summed E-state index contributed by atoms with van der Waals surface area (Å²) in [5.74, 6) is -1.58. The monoisotopic (exact) mass is 410 g/mol. The molecule has 0 aromatic heterocycles. The molecule has 142 valence electrons. The number of halogens is 1. The fourth-order valence-electron chi connectivity index (χ4n) is 2.56. The van der Waals surface area contributed by atoms with Crippen LogP contribution in [0.15, 0.2) is 40.7 Å². The van der Waals surface area contributed by atoms with Crippen molar-refractivity contribution in [1.82, 2.24) is 10.2 Å². The molecule has 3 amide bonds. The number of benzene rings is 1. The lowest BCUT2D eigenvalue weighted by atomic mass is 10.2. The highest BCUT2D eigenvalue weighted by molar-refractivity contribution is 8.18. The molecular weight excluding hydrogens is 395 g/mol. The van der Waals surface area contributed by atoms with Crippen LogP contribution in [0, 0.1) is 5.82 Å². The zero-order valence-corrected chi connectivity index (χ0v) is 15.6. The number of rotatable bonds is 5. The number of hydrogen-bond donors (Lipinski definition) is 1. The highest BCUT2D eigenvalue weighted by Gasteiger charge is 2.35. The van der Waals surface area contributed by atoms with Crippen LogP contribution in [-0.2, 0) is 19.4 Å². The predicted octanol–water partition coefficient (Wildman–Crippen LogP) is 1.68. The molecule has 0 aliphatic carbocycles. The standard InChI is InChI=1S/C17H15FN2O5S2/c18-12-3-1-11(2-4-12)9-14-16(22)20(17(23)26-14)7-5-15(21)19-13-6-8-27(24,25)10-13/h1-4,6,8-9,13H,5,7,10H2,(H,19,21)/b14-9-. The van der Waals surface area contributed by atoms with E-state index in [1.165, 1.54) is 36.4 Å². The van der Waals surface area contributed by atoms with Crippen LogP contribution in [0.3, 0.4) is 0 Å². The van der Waals surface area contributed by atoms with E-state index in [1.54, 1.807) is 0 Å². The molecule has 2 aliphatic rings. The van der Waals surface area contributed by atoms with Crippen molar-refractivity contribution in [2.45, 2.75) is 12.5 Å². The van der Waals surface area contributed by atoms with Gasteiger partial charge in [0.2, 0.25) is 5.91 Å². The number of nitrogens with zero attached hydrogens (tertiary/aromatic N) is 1. The first-order valence-corrected chi connectivity index (χ1v) is 10.5. The third kappa shape index (κ3) is 4.83. The lowest BCUT2D eigenvalue weighted by Crippen LogP contribution is -2.38. The van der Waals surface area contributed by atoms with Crippen molar-refractivity contribution < 1.29 is 27.2 Å². The second kappa shape index (κ2) is 7.65. The summed E-state index contributed by atoms with van der Waals surface area (Å²) in [7, 11) is -3.28. The highest BCUT2D eigenvalue weighted by atomic mass is 32.2. The van der Waals surface area contributed by atoms with Gasteiger partial charge in [0.05, 0.1) is 16.7 Å². The quantitative estimate of drug-likeness (QED) is 0.742. The Balaban J connectivity index is 1.57. The zero-order valence-electron chi connectivity index (χ0n) is 13.9. The number of amides is 3. The number of imide groups is 1. The van der Waals surface area contributed by atoms with Crippen molar-refractivity contribution in [3.63, 3.8) is 0 Å². The molecule has 1 aromatic rings. The van der Waals surface area contributed by atoms with Crippen molar-refractivity contribution in [3.05, 3.63) is 52.0 Å². The van der Waals surface area contributed by atoms with Crippen molar-refractivity contribution in [3.8, 4) is 0 Å². The molecule has 0 saturated carbocycles. The lowest BCUT2D eigenvalue weighted by Gasteiger charge is -2.14. The topological polar surface area (TPSA) is 101 Å². The molecule has 1 aromatic carbocycles. The summed E-state index contributed by atoms with van der Waals surface area (Å²) in [5, 5.41) is 3.09. The first-order chi connectivity index (χ1) is 12.7. The number of nitrogens with one attached hydrogen (secondary N) is 1. The van der Waals surface area contributed by atoms with E-state index < -0.39 is 38.7 Å². The zero-order chi connectivity index (χ0) is 19.6. The largest absolute Gasteiger partial charge is 0.349 e. The van der Waals surface area contributed by atoms with Gasteiger partial charge in [0.1, 0.15) is 5.82 Å². The first-order valence-electron chi connectivity index (χ1n) is 7.95.